The SMILES string of the molecule is CCCOC(=O)c1cc(NC(C)=O)cc(OC)c1N. The highest BCUT2D eigenvalue weighted by Crippen LogP contribution is 2.30. The number of ether oxygens (including phenoxy) is 2. The zero-order chi connectivity index (χ0) is 14.4. The van der Waals surface area contributed by atoms with E-state index in [-0.39, 0.29) is 17.2 Å². The van der Waals surface area contributed by atoms with E-state index in [9.17, 15) is 9.59 Å². The van der Waals surface area contributed by atoms with Crippen LogP contribution in [0.15, 0.2) is 12.1 Å². The van der Waals surface area contributed by atoms with Gasteiger partial charge in [0.2, 0.25) is 5.91 Å². The maximum atomic E-state index is 11.9. The van der Waals surface area contributed by atoms with Gasteiger partial charge in [0.05, 0.1) is 25.0 Å². The number of methoxy groups -OCH3 is 1. The molecule has 0 aliphatic rings. The number of carbonyl (C=O) groups is 2. The molecule has 6 heteroatoms. The molecule has 0 spiro atoms. The van der Waals surface area contributed by atoms with Gasteiger partial charge in [-0.15, -0.1) is 0 Å². The van der Waals surface area contributed by atoms with E-state index in [1.165, 1.54) is 20.1 Å². The minimum Gasteiger partial charge on any atom is -0.494 e. The zero-order valence-electron chi connectivity index (χ0n) is 11.3. The van der Waals surface area contributed by atoms with Crippen molar-refractivity contribution < 1.29 is 19.1 Å². The van der Waals surface area contributed by atoms with Crippen molar-refractivity contribution in [3.63, 3.8) is 0 Å². The molecule has 1 rings (SSSR count). The van der Waals surface area contributed by atoms with Crippen molar-refractivity contribution >= 4 is 23.3 Å². The van der Waals surface area contributed by atoms with Crippen molar-refractivity contribution in [3.05, 3.63) is 17.7 Å². The number of carbonyl (C=O) groups excluding carboxylic acids is 2. The molecule has 0 aliphatic heterocycles. The Labute approximate surface area is 111 Å². The number of esters is 1. The predicted molar refractivity (Wildman–Crippen MR) is 72.3 cm³/mol. The van der Waals surface area contributed by atoms with Gasteiger partial charge in [-0.3, -0.25) is 4.79 Å². The molecule has 0 heterocycles. The van der Waals surface area contributed by atoms with Crippen LogP contribution in [0, 0.1) is 0 Å². The van der Waals surface area contributed by atoms with Crippen LogP contribution in [-0.2, 0) is 9.53 Å². The molecule has 0 unspecified atom stereocenters. The number of rotatable bonds is 5. The highest BCUT2D eigenvalue weighted by Gasteiger charge is 2.17. The fourth-order valence-corrected chi connectivity index (χ4v) is 1.51. The first kappa shape index (κ1) is 14.8. The molecule has 3 N–H and O–H groups in total. The second kappa shape index (κ2) is 6.63. The smallest absolute Gasteiger partial charge is 0.340 e. The zero-order valence-corrected chi connectivity index (χ0v) is 11.3. The average Bonchev–Trinajstić information content (AvgIpc) is 2.37. The summed E-state index contributed by atoms with van der Waals surface area (Å²) in [5.74, 6) is -0.473. The topological polar surface area (TPSA) is 90.6 Å². The molecule has 0 saturated carbocycles. The minimum atomic E-state index is -0.537. The highest BCUT2D eigenvalue weighted by molar-refractivity contribution is 5.99. The molecule has 0 fully saturated rings. The summed E-state index contributed by atoms with van der Waals surface area (Å²) in [4.78, 5) is 22.9. The van der Waals surface area contributed by atoms with E-state index in [4.69, 9.17) is 15.2 Å². The van der Waals surface area contributed by atoms with Crippen LogP contribution in [0.3, 0.4) is 0 Å². The Kier molecular flexibility index (Phi) is 5.17. The van der Waals surface area contributed by atoms with Crippen LogP contribution >= 0.6 is 0 Å². The first-order valence-corrected chi connectivity index (χ1v) is 5.91. The Bertz CT molecular complexity index is 486. The molecule has 0 saturated heterocycles. The number of hydrogen-bond donors (Lipinski definition) is 2. The number of hydrogen-bond acceptors (Lipinski definition) is 5. The van der Waals surface area contributed by atoms with Crippen LogP contribution in [0.5, 0.6) is 5.75 Å². The van der Waals surface area contributed by atoms with Crippen molar-refractivity contribution in [2.45, 2.75) is 20.3 Å². The van der Waals surface area contributed by atoms with Crippen molar-refractivity contribution in [1.29, 1.82) is 0 Å². The number of anilines is 2. The number of nitrogen functional groups attached to an aromatic ring is 1. The molecule has 1 aromatic carbocycles. The van der Waals surface area contributed by atoms with Gasteiger partial charge in [0, 0.05) is 18.7 Å². The highest BCUT2D eigenvalue weighted by atomic mass is 16.5. The standard InChI is InChI=1S/C13H18N2O4/c1-4-5-19-13(17)10-6-9(15-8(2)16)7-11(18-3)12(10)14/h6-7H,4-5,14H2,1-3H3,(H,15,16). The van der Waals surface area contributed by atoms with E-state index in [0.717, 1.165) is 0 Å². The second-order valence-electron chi connectivity index (χ2n) is 3.96. The second-order valence-corrected chi connectivity index (χ2v) is 3.96. The largest absolute Gasteiger partial charge is 0.494 e. The third kappa shape index (κ3) is 3.87. The minimum absolute atomic E-state index is 0.177. The van der Waals surface area contributed by atoms with Crippen LogP contribution in [0.2, 0.25) is 0 Å². The number of nitrogens with one attached hydrogen (secondary N) is 1. The Morgan fingerprint density at radius 3 is 2.58 bits per heavy atom. The van der Waals surface area contributed by atoms with Gasteiger partial charge in [0.25, 0.3) is 0 Å². The van der Waals surface area contributed by atoms with Crippen LogP contribution in [0.25, 0.3) is 0 Å². The van der Waals surface area contributed by atoms with Crippen LogP contribution in [0.1, 0.15) is 30.6 Å². The molecule has 0 atom stereocenters. The molecule has 0 aromatic heterocycles. The number of benzene rings is 1. The summed E-state index contributed by atoms with van der Waals surface area (Å²) in [7, 11) is 1.43. The summed E-state index contributed by atoms with van der Waals surface area (Å²) in [5.41, 5.74) is 6.63. The predicted octanol–water partition coefficient (Wildman–Crippen LogP) is 1.80. The normalized spacial score (nSPS) is 9.84. The average molecular weight is 266 g/mol. The molecule has 0 aliphatic carbocycles. The fraction of sp³-hybridized carbons (Fsp3) is 0.385. The molecule has 0 bridgehead atoms. The Balaban J connectivity index is 3.13. The van der Waals surface area contributed by atoms with Gasteiger partial charge in [-0.25, -0.2) is 4.79 Å². The van der Waals surface area contributed by atoms with Crippen LogP contribution in [0.4, 0.5) is 11.4 Å². The number of nitrogens with two attached hydrogens (primary N) is 1. The van der Waals surface area contributed by atoms with Gasteiger partial charge in [-0.05, 0) is 12.5 Å². The van der Waals surface area contributed by atoms with E-state index in [1.54, 1.807) is 6.07 Å². The Morgan fingerprint density at radius 2 is 2.05 bits per heavy atom. The number of amides is 1. The summed E-state index contributed by atoms with van der Waals surface area (Å²) >= 11 is 0. The third-order valence-electron chi connectivity index (χ3n) is 2.34. The summed E-state index contributed by atoms with van der Waals surface area (Å²) < 4.78 is 10.1. The molecule has 19 heavy (non-hydrogen) atoms. The first-order chi connectivity index (χ1) is 8.99. The van der Waals surface area contributed by atoms with E-state index in [0.29, 0.717) is 24.5 Å². The van der Waals surface area contributed by atoms with Crippen molar-refractivity contribution in [2.24, 2.45) is 0 Å². The lowest BCUT2D eigenvalue weighted by Gasteiger charge is -2.12. The maximum absolute atomic E-state index is 11.9. The van der Waals surface area contributed by atoms with Crippen molar-refractivity contribution in [2.75, 3.05) is 24.8 Å². The van der Waals surface area contributed by atoms with Gasteiger partial charge >= 0.3 is 5.97 Å². The molecular formula is C13H18N2O4. The summed E-state index contributed by atoms with van der Waals surface area (Å²) in [5, 5.41) is 2.58. The van der Waals surface area contributed by atoms with E-state index < -0.39 is 5.97 Å². The maximum Gasteiger partial charge on any atom is 0.340 e. The molecule has 104 valence electrons. The van der Waals surface area contributed by atoms with Crippen LogP contribution in [-0.4, -0.2) is 25.6 Å². The third-order valence-corrected chi connectivity index (χ3v) is 2.34. The summed E-state index contributed by atoms with van der Waals surface area (Å²) in [6.07, 6.45) is 0.716. The summed E-state index contributed by atoms with van der Waals surface area (Å²) in [6, 6.07) is 3.02. The Morgan fingerprint density at radius 1 is 1.37 bits per heavy atom. The molecule has 0 radical (unpaired) electrons. The lowest BCUT2D eigenvalue weighted by molar-refractivity contribution is -0.114. The molecule has 1 aromatic rings. The monoisotopic (exact) mass is 266 g/mol. The van der Waals surface area contributed by atoms with Crippen LogP contribution < -0.4 is 15.8 Å². The quantitative estimate of drug-likeness (QED) is 0.626. The van der Waals surface area contributed by atoms with E-state index in [1.807, 2.05) is 6.92 Å². The van der Waals surface area contributed by atoms with Gasteiger partial charge in [-0.1, -0.05) is 6.92 Å². The first-order valence-electron chi connectivity index (χ1n) is 5.91. The van der Waals surface area contributed by atoms with Gasteiger partial charge in [0.1, 0.15) is 5.75 Å². The van der Waals surface area contributed by atoms with Crippen molar-refractivity contribution in [3.8, 4) is 5.75 Å². The van der Waals surface area contributed by atoms with E-state index >= 15 is 0 Å². The van der Waals surface area contributed by atoms with Gasteiger partial charge < -0.3 is 20.5 Å². The lowest BCUT2D eigenvalue weighted by atomic mass is 10.1. The Hall–Kier alpha value is -2.24. The van der Waals surface area contributed by atoms with Crippen molar-refractivity contribution in [1.82, 2.24) is 0 Å². The van der Waals surface area contributed by atoms with Gasteiger partial charge in [0.15, 0.2) is 0 Å². The van der Waals surface area contributed by atoms with Gasteiger partial charge in [-0.2, -0.15) is 0 Å². The fourth-order valence-electron chi connectivity index (χ4n) is 1.51. The molecule has 1 amide bonds. The van der Waals surface area contributed by atoms with E-state index in [2.05, 4.69) is 5.32 Å². The molecular weight excluding hydrogens is 248 g/mol. The lowest BCUT2D eigenvalue weighted by Crippen LogP contribution is -2.12. The summed E-state index contributed by atoms with van der Waals surface area (Å²) in [6.45, 7) is 3.58. The molecule has 6 nitrogen and oxygen atoms in total.